The van der Waals surface area contributed by atoms with E-state index >= 15 is 0 Å². The van der Waals surface area contributed by atoms with Gasteiger partial charge in [-0.3, -0.25) is 10.2 Å². The minimum absolute atomic E-state index is 0.0413. The van der Waals surface area contributed by atoms with E-state index in [0.717, 1.165) is 12.1 Å². The molecule has 0 fully saturated rings. The zero-order valence-corrected chi connectivity index (χ0v) is 8.00. The summed E-state index contributed by atoms with van der Waals surface area (Å²) in [5.74, 6) is 0.0413. The molecule has 1 heterocycles. The Morgan fingerprint density at radius 2 is 2.38 bits per heavy atom. The van der Waals surface area contributed by atoms with E-state index in [9.17, 15) is 4.79 Å². The average molecular weight is 181 g/mol. The molecule has 72 valence electrons. The molecular formula is C9H15N3O. The largest absolute Gasteiger partial charge is 0.365 e. The molecule has 0 radical (unpaired) electrons. The van der Waals surface area contributed by atoms with Crippen molar-refractivity contribution in [2.24, 2.45) is 0 Å². The number of rotatable bonds is 4. The normalized spacial score (nSPS) is 10.4. The number of carbonyl (C=O) groups excluding carboxylic acids is 1. The van der Waals surface area contributed by atoms with Crippen LogP contribution in [-0.2, 0) is 11.2 Å². The third-order valence-electron chi connectivity index (χ3n) is 1.63. The molecule has 0 saturated heterocycles. The molecule has 4 heteroatoms. The Bertz CT molecular complexity index is 254. The number of aromatic nitrogens is 1. The number of nitrogens with one attached hydrogen (secondary N) is 2. The van der Waals surface area contributed by atoms with Crippen LogP contribution in [0.25, 0.3) is 0 Å². The van der Waals surface area contributed by atoms with Crippen LogP contribution in [0.15, 0.2) is 18.3 Å². The van der Waals surface area contributed by atoms with Gasteiger partial charge in [-0.25, -0.2) is 5.01 Å². The lowest BCUT2D eigenvalue weighted by atomic mass is 10.2. The van der Waals surface area contributed by atoms with E-state index in [0.29, 0.717) is 6.42 Å². The number of aryl methyl sites for hydroxylation is 1. The van der Waals surface area contributed by atoms with Crippen molar-refractivity contribution >= 4 is 5.91 Å². The maximum absolute atomic E-state index is 11.2. The maximum atomic E-state index is 11.2. The molecule has 1 aromatic heterocycles. The van der Waals surface area contributed by atoms with Crippen LogP contribution in [0.1, 0.15) is 12.1 Å². The van der Waals surface area contributed by atoms with E-state index in [1.54, 1.807) is 19.1 Å². The molecule has 0 atom stereocenters. The fourth-order valence-electron chi connectivity index (χ4n) is 1.08. The Labute approximate surface area is 77.9 Å². The molecule has 1 amide bonds. The van der Waals surface area contributed by atoms with Gasteiger partial charge in [0.1, 0.15) is 0 Å². The van der Waals surface area contributed by atoms with Gasteiger partial charge >= 0.3 is 0 Å². The Hall–Kier alpha value is -1.29. The van der Waals surface area contributed by atoms with E-state index in [1.165, 1.54) is 0 Å². The first-order chi connectivity index (χ1) is 6.18. The minimum Gasteiger partial charge on any atom is -0.365 e. The van der Waals surface area contributed by atoms with Crippen molar-refractivity contribution in [3.05, 3.63) is 24.0 Å². The zero-order valence-electron chi connectivity index (χ0n) is 8.00. The number of hydrogen-bond donors (Lipinski definition) is 2. The highest BCUT2D eigenvalue weighted by Gasteiger charge is 2.02. The van der Waals surface area contributed by atoms with Gasteiger partial charge in [-0.05, 0) is 18.6 Å². The maximum Gasteiger partial charge on any atom is 0.234 e. The van der Waals surface area contributed by atoms with Crippen LogP contribution in [0.2, 0.25) is 0 Å². The third-order valence-corrected chi connectivity index (χ3v) is 1.63. The van der Waals surface area contributed by atoms with Gasteiger partial charge in [0.05, 0.1) is 0 Å². The first kappa shape index (κ1) is 9.80. The molecule has 1 aromatic rings. The first-order valence-electron chi connectivity index (χ1n) is 4.27. The summed E-state index contributed by atoms with van der Waals surface area (Å²) in [5, 5.41) is 1.65. The number of aromatic amines is 1. The Kier molecular flexibility index (Phi) is 3.52. The quantitative estimate of drug-likeness (QED) is 0.666. The Balaban J connectivity index is 2.23. The van der Waals surface area contributed by atoms with Crippen molar-refractivity contribution < 1.29 is 4.79 Å². The van der Waals surface area contributed by atoms with E-state index < -0.39 is 0 Å². The first-order valence-corrected chi connectivity index (χ1v) is 4.27. The second-order valence-corrected chi connectivity index (χ2v) is 3.12. The van der Waals surface area contributed by atoms with Crippen molar-refractivity contribution in [2.45, 2.75) is 12.8 Å². The molecule has 0 aliphatic carbocycles. The van der Waals surface area contributed by atoms with Crippen LogP contribution < -0.4 is 5.43 Å². The fraction of sp³-hybridized carbons (Fsp3) is 0.444. The van der Waals surface area contributed by atoms with Gasteiger partial charge in [-0.1, -0.05) is 0 Å². The van der Waals surface area contributed by atoms with Gasteiger partial charge in [0.15, 0.2) is 0 Å². The summed E-state index contributed by atoms with van der Waals surface area (Å²) >= 11 is 0. The van der Waals surface area contributed by atoms with Gasteiger partial charge in [-0.15, -0.1) is 0 Å². The molecular weight excluding hydrogens is 166 g/mol. The van der Waals surface area contributed by atoms with Crippen molar-refractivity contribution in [2.75, 3.05) is 14.1 Å². The predicted molar refractivity (Wildman–Crippen MR) is 50.9 cm³/mol. The van der Waals surface area contributed by atoms with Crippen LogP contribution >= 0.6 is 0 Å². The molecule has 0 aliphatic rings. The molecule has 0 spiro atoms. The highest BCUT2D eigenvalue weighted by atomic mass is 16.2. The van der Waals surface area contributed by atoms with Crippen LogP contribution in [-0.4, -0.2) is 30.0 Å². The zero-order chi connectivity index (χ0) is 9.68. The van der Waals surface area contributed by atoms with Gasteiger partial charge in [0.2, 0.25) is 5.91 Å². The van der Waals surface area contributed by atoms with E-state index in [2.05, 4.69) is 10.4 Å². The minimum atomic E-state index is 0.0413. The number of nitrogens with zero attached hydrogens (tertiary/aromatic N) is 1. The lowest BCUT2D eigenvalue weighted by Gasteiger charge is -2.10. The molecule has 0 aromatic carbocycles. The molecule has 0 unspecified atom stereocenters. The second-order valence-electron chi connectivity index (χ2n) is 3.12. The van der Waals surface area contributed by atoms with E-state index in [1.807, 2.05) is 18.3 Å². The monoisotopic (exact) mass is 181 g/mol. The molecule has 0 bridgehead atoms. The summed E-state index contributed by atoms with van der Waals surface area (Å²) in [7, 11) is 3.60. The molecule has 2 N–H and O–H groups in total. The highest BCUT2D eigenvalue weighted by molar-refractivity contribution is 5.75. The van der Waals surface area contributed by atoms with Crippen molar-refractivity contribution in [1.82, 2.24) is 15.4 Å². The second kappa shape index (κ2) is 4.67. The number of hydrogen-bond acceptors (Lipinski definition) is 2. The standard InChI is InChI=1S/C9H15N3O/c1-12(2)11-9(13)6-5-8-4-3-7-10-8/h3-4,7,10H,5-6H2,1-2H3,(H,11,13). The predicted octanol–water partition coefficient (Wildman–Crippen LogP) is 0.540. The molecule has 1 rings (SSSR count). The van der Waals surface area contributed by atoms with Gasteiger partial charge in [0, 0.05) is 32.4 Å². The summed E-state index contributed by atoms with van der Waals surface area (Å²) in [5.41, 5.74) is 3.78. The summed E-state index contributed by atoms with van der Waals surface area (Å²) in [6.45, 7) is 0. The lowest BCUT2D eigenvalue weighted by Crippen LogP contribution is -2.36. The fourth-order valence-corrected chi connectivity index (χ4v) is 1.08. The van der Waals surface area contributed by atoms with Crippen LogP contribution in [0.4, 0.5) is 0 Å². The Morgan fingerprint density at radius 1 is 1.62 bits per heavy atom. The SMILES string of the molecule is CN(C)NC(=O)CCc1ccc[nH]1. The third kappa shape index (κ3) is 3.75. The summed E-state index contributed by atoms with van der Waals surface area (Å²) in [6, 6.07) is 3.90. The summed E-state index contributed by atoms with van der Waals surface area (Å²) in [6.07, 6.45) is 3.13. The van der Waals surface area contributed by atoms with Crippen molar-refractivity contribution in [3.8, 4) is 0 Å². The summed E-state index contributed by atoms with van der Waals surface area (Å²) < 4.78 is 0. The van der Waals surface area contributed by atoms with Crippen LogP contribution in [0.5, 0.6) is 0 Å². The molecule has 0 aliphatic heterocycles. The topological polar surface area (TPSA) is 48.1 Å². The average Bonchev–Trinajstić information content (AvgIpc) is 2.51. The van der Waals surface area contributed by atoms with Crippen LogP contribution in [0, 0.1) is 0 Å². The van der Waals surface area contributed by atoms with E-state index in [-0.39, 0.29) is 5.91 Å². The molecule has 4 nitrogen and oxygen atoms in total. The van der Waals surface area contributed by atoms with Crippen molar-refractivity contribution in [3.63, 3.8) is 0 Å². The van der Waals surface area contributed by atoms with Gasteiger partial charge < -0.3 is 4.98 Å². The number of amides is 1. The molecule has 0 saturated carbocycles. The smallest absolute Gasteiger partial charge is 0.234 e. The van der Waals surface area contributed by atoms with Gasteiger partial charge in [0.25, 0.3) is 0 Å². The van der Waals surface area contributed by atoms with Gasteiger partial charge in [-0.2, -0.15) is 0 Å². The molecule has 13 heavy (non-hydrogen) atoms. The van der Waals surface area contributed by atoms with E-state index in [4.69, 9.17) is 0 Å². The Morgan fingerprint density at radius 3 is 2.92 bits per heavy atom. The highest BCUT2D eigenvalue weighted by Crippen LogP contribution is 1.98. The summed E-state index contributed by atoms with van der Waals surface area (Å²) in [4.78, 5) is 14.2. The van der Waals surface area contributed by atoms with Crippen LogP contribution in [0.3, 0.4) is 0 Å². The number of hydrazine groups is 1. The lowest BCUT2D eigenvalue weighted by molar-refractivity contribution is -0.124. The number of H-pyrrole nitrogens is 1. The van der Waals surface area contributed by atoms with Crippen molar-refractivity contribution in [1.29, 1.82) is 0 Å². The number of carbonyl (C=O) groups is 1.